The Morgan fingerprint density at radius 3 is 3.00 bits per heavy atom. The van der Waals surface area contributed by atoms with Crippen LogP contribution in [0.3, 0.4) is 0 Å². The average Bonchev–Trinajstić information content (AvgIpc) is 2.80. The van der Waals surface area contributed by atoms with Crippen LogP contribution in [0.4, 0.5) is 4.39 Å². The molecule has 5 heteroatoms. The summed E-state index contributed by atoms with van der Waals surface area (Å²) in [4.78, 5) is 14.4. The number of hydrogen-bond acceptors (Lipinski definition) is 4. The number of aldehydes is 1. The van der Waals surface area contributed by atoms with Crippen molar-refractivity contribution in [3.63, 3.8) is 0 Å². The summed E-state index contributed by atoms with van der Waals surface area (Å²) in [5.41, 5.74) is 2.73. The molecular formula is C11H8FNO2S. The SMILES string of the molecule is O=Cc1ccc(OCc2cscn2)c(F)c1. The first-order chi connectivity index (χ1) is 7.79. The second kappa shape index (κ2) is 4.85. The van der Waals surface area contributed by atoms with Crippen LogP contribution >= 0.6 is 11.3 Å². The minimum atomic E-state index is -0.542. The lowest BCUT2D eigenvalue weighted by Crippen LogP contribution is -1.98. The fraction of sp³-hybridized carbons (Fsp3) is 0.0909. The first kappa shape index (κ1) is 10.8. The normalized spacial score (nSPS) is 10.1. The van der Waals surface area contributed by atoms with E-state index in [4.69, 9.17) is 4.74 Å². The van der Waals surface area contributed by atoms with Gasteiger partial charge < -0.3 is 4.74 Å². The molecule has 0 bridgehead atoms. The fourth-order valence-electron chi connectivity index (χ4n) is 1.17. The number of carbonyl (C=O) groups is 1. The van der Waals surface area contributed by atoms with Gasteiger partial charge in [0.1, 0.15) is 12.9 Å². The van der Waals surface area contributed by atoms with Crippen LogP contribution in [0.25, 0.3) is 0 Å². The molecule has 1 aromatic carbocycles. The molecule has 0 N–H and O–H groups in total. The summed E-state index contributed by atoms with van der Waals surface area (Å²) in [6.45, 7) is 0.223. The van der Waals surface area contributed by atoms with Crippen molar-refractivity contribution < 1.29 is 13.9 Å². The van der Waals surface area contributed by atoms with Gasteiger partial charge in [0.25, 0.3) is 0 Å². The first-order valence-corrected chi connectivity index (χ1v) is 5.48. The predicted molar refractivity (Wildman–Crippen MR) is 58.2 cm³/mol. The molecular weight excluding hydrogens is 229 g/mol. The third-order valence-corrected chi connectivity index (χ3v) is 2.59. The van der Waals surface area contributed by atoms with Crippen molar-refractivity contribution >= 4 is 17.6 Å². The molecule has 0 saturated carbocycles. The molecule has 1 heterocycles. The fourth-order valence-corrected chi connectivity index (χ4v) is 1.71. The van der Waals surface area contributed by atoms with E-state index in [0.29, 0.717) is 11.8 Å². The molecule has 2 aromatic rings. The number of aromatic nitrogens is 1. The zero-order valence-corrected chi connectivity index (χ0v) is 9.04. The molecule has 3 nitrogen and oxygen atoms in total. The van der Waals surface area contributed by atoms with E-state index in [1.807, 2.05) is 5.38 Å². The predicted octanol–water partition coefficient (Wildman–Crippen LogP) is 2.67. The van der Waals surface area contributed by atoms with Gasteiger partial charge in [-0.25, -0.2) is 9.37 Å². The van der Waals surface area contributed by atoms with E-state index >= 15 is 0 Å². The molecule has 0 spiro atoms. The van der Waals surface area contributed by atoms with Crippen molar-refractivity contribution in [2.75, 3.05) is 0 Å². The van der Waals surface area contributed by atoms with Gasteiger partial charge in [0, 0.05) is 10.9 Å². The number of carbonyl (C=O) groups excluding carboxylic acids is 1. The quantitative estimate of drug-likeness (QED) is 0.767. The van der Waals surface area contributed by atoms with E-state index in [9.17, 15) is 9.18 Å². The smallest absolute Gasteiger partial charge is 0.165 e. The molecule has 0 amide bonds. The van der Waals surface area contributed by atoms with Crippen LogP contribution < -0.4 is 4.74 Å². The summed E-state index contributed by atoms with van der Waals surface area (Å²) in [6.07, 6.45) is 0.591. The molecule has 0 fully saturated rings. The van der Waals surface area contributed by atoms with Crippen molar-refractivity contribution in [2.24, 2.45) is 0 Å². The van der Waals surface area contributed by atoms with Crippen molar-refractivity contribution in [3.05, 3.63) is 46.2 Å². The van der Waals surface area contributed by atoms with Gasteiger partial charge in [-0.05, 0) is 18.2 Å². The van der Waals surface area contributed by atoms with E-state index in [-0.39, 0.29) is 12.4 Å². The zero-order valence-electron chi connectivity index (χ0n) is 8.22. The molecule has 0 aliphatic rings. The van der Waals surface area contributed by atoms with Crippen molar-refractivity contribution in [1.82, 2.24) is 4.98 Å². The second-order valence-corrected chi connectivity index (χ2v) is 3.79. The summed E-state index contributed by atoms with van der Waals surface area (Å²) in [6, 6.07) is 4.08. The lowest BCUT2D eigenvalue weighted by Gasteiger charge is -2.05. The van der Waals surface area contributed by atoms with Crippen molar-refractivity contribution in [1.29, 1.82) is 0 Å². The van der Waals surface area contributed by atoms with Gasteiger partial charge in [0.05, 0.1) is 11.2 Å². The maximum atomic E-state index is 13.4. The Balaban J connectivity index is 2.07. The number of hydrogen-bond donors (Lipinski definition) is 0. The number of rotatable bonds is 4. The Labute approximate surface area is 95.5 Å². The largest absolute Gasteiger partial charge is 0.484 e. The van der Waals surface area contributed by atoms with Gasteiger partial charge in [-0.2, -0.15) is 0 Å². The highest BCUT2D eigenvalue weighted by Gasteiger charge is 2.05. The molecule has 0 unspecified atom stereocenters. The van der Waals surface area contributed by atoms with E-state index in [2.05, 4.69) is 4.98 Å². The van der Waals surface area contributed by atoms with Gasteiger partial charge >= 0.3 is 0 Å². The highest BCUT2D eigenvalue weighted by molar-refractivity contribution is 7.07. The Morgan fingerprint density at radius 2 is 2.38 bits per heavy atom. The van der Waals surface area contributed by atoms with Crippen molar-refractivity contribution in [2.45, 2.75) is 6.61 Å². The number of halogens is 1. The lowest BCUT2D eigenvalue weighted by atomic mass is 10.2. The maximum absolute atomic E-state index is 13.4. The van der Waals surface area contributed by atoms with Gasteiger partial charge in [0.15, 0.2) is 11.6 Å². The lowest BCUT2D eigenvalue weighted by molar-refractivity contribution is 0.112. The topological polar surface area (TPSA) is 39.2 Å². The van der Waals surface area contributed by atoms with Gasteiger partial charge in [-0.3, -0.25) is 4.79 Å². The molecule has 82 valence electrons. The Morgan fingerprint density at radius 1 is 1.50 bits per heavy atom. The van der Waals surface area contributed by atoms with Gasteiger partial charge in [-0.15, -0.1) is 11.3 Å². The Kier molecular flexibility index (Phi) is 3.26. The monoisotopic (exact) mass is 237 g/mol. The third kappa shape index (κ3) is 2.43. The summed E-state index contributed by atoms with van der Waals surface area (Å²) < 4.78 is 18.6. The third-order valence-electron chi connectivity index (χ3n) is 1.95. The summed E-state index contributed by atoms with van der Waals surface area (Å²) in [7, 11) is 0. The van der Waals surface area contributed by atoms with Crippen LogP contribution in [0.5, 0.6) is 5.75 Å². The highest BCUT2D eigenvalue weighted by atomic mass is 32.1. The summed E-state index contributed by atoms with van der Waals surface area (Å²) >= 11 is 1.45. The van der Waals surface area contributed by atoms with Gasteiger partial charge in [0.2, 0.25) is 0 Å². The van der Waals surface area contributed by atoms with E-state index < -0.39 is 5.82 Å². The molecule has 2 rings (SSSR count). The molecule has 16 heavy (non-hydrogen) atoms. The minimum Gasteiger partial charge on any atom is -0.484 e. The van der Waals surface area contributed by atoms with Crippen LogP contribution in [-0.4, -0.2) is 11.3 Å². The number of ether oxygens (including phenoxy) is 1. The average molecular weight is 237 g/mol. The molecule has 0 saturated heterocycles. The highest BCUT2D eigenvalue weighted by Crippen LogP contribution is 2.18. The number of benzene rings is 1. The number of nitrogens with zero attached hydrogens (tertiary/aromatic N) is 1. The maximum Gasteiger partial charge on any atom is 0.165 e. The molecule has 0 radical (unpaired) electrons. The zero-order chi connectivity index (χ0) is 11.4. The first-order valence-electron chi connectivity index (χ1n) is 4.54. The minimum absolute atomic E-state index is 0.124. The molecule has 1 aromatic heterocycles. The van der Waals surface area contributed by atoms with Crippen LogP contribution in [0.15, 0.2) is 29.1 Å². The van der Waals surface area contributed by atoms with Crippen molar-refractivity contribution in [3.8, 4) is 5.75 Å². The second-order valence-electron chi connectivity index (χ2n) is 3.08. The Hall–Kier alpha value is -1.75. The summed E-state index contributed by atoms with van der Waals surface area (Å²) in [5, 5.41) is 1.83. The van der Waals surface area contributed by atoms with E-state index in [1.54, 1.807) is 5.51 Å². The van der Waals surface area contributed by atoms with Crippen LogP contribution in [0, 0.1) is 5.82 Å². The summed E-state index contributed by atoms with van der Waals surface area (Å²) in [5.74, 6) is -0.418. The van der Waals surface area contributed by atoms with Gasteiger partial charge in [-0.1, -0.05) is 0 Å². The standard InChI is InChI=1S/C11H8FNO2S/c12-10-3-8(4-14)1-2-11(10)15-5-9-6-16-7-13-9/h1-4,6-7H,5H2. The van der Waals surface area contributed by atoms with E-state index in [0.717, 1.165) is 11.8 Å². The number of thiazole rings is 1. The molecule has 0 atom stereocenters. The Bertz CT molecular complexity index is 485. The van der Waals surface area contributed by atoms with E-state index in [1.165, 1.54) is 23.5 Å². The molecule has 0 aliphatic carbocycles. The van der Waals surface area contributed by atoms with Crippen LogP contribution in [0.1, 0.15) is 16.1 Å². The van der Waals surface area contributed by atoms with Crippen LogP contribution in [0.2, 0.25) is 0 Å². The van der Waals surface area contributed by atoms with Crippen LogP contribution in [-0.2, 0) is 6.61 Å². The molecule has 0 aliphatic heterocycles.